The first-order chi connectivity index (χ1) is 15.5. The van der Waals surface area contributed by atoms with Gasteiger partial charge in [-0.2, -0.15) is 21.0 Å². The lowest BCUT2D eigenvalue weighted by atomic mass is 9.76. The quantitative estimate of drug-likeness (QED) is 0.423. The van der Waals surface area contributed by atoms with Gasteiger partial charge in [0.1, 0.15) is 35.4 Å². The van der Waals surface area contributed by atoms with Gasteiger partial charge in [-0.05, 0) is 46.2 Å². The van der Waals surface area contributed by atoms with Crippen LogP contribution in [-0.2, 0) is 10.8 Å². The van der Waals surface area contributed by atoms with Gasteiger partial charge in [0.15, 0.2) is 0 Å². The SMILES string of the molecule is CC(C)(C)c1c(C(C)(C)C)/c(=c2/ccc(=C(C#N)C#N)s2)s/c1=c1/ccc(=C(C#N)C#N)s1. The Balaban J connectivity index is 2.73. The molecule has 0 saturated carbocycles. The van der Waals surface area contributed by atoms with E-state index in [0.29, 0.717) is 9.06 Å². The number of hydrogen-bond donors (Lipinski definition) is 0. The third-order valence-corrected chi connectivity index (χ3v) is 8.76. The molecule has 0 saturated heterocycles. The third-order valence-electron chi connectivity index (χ3n) is 5.01. The first-order valence-electron chi connectivity index (χ1n) is 10.2. The summed E-state index contributed by atoms with van der Waals surface area (Å²) in [7, 11) is 0. The van der Waals surface area contributed by atoms with E-state index >= 15 is 0 Å². The molecule has 0 radical (unpaired) electrons. The summed E-state index contributed by atoms with van der Waals surface area (Å²) in [5, 5.41) is 37.2. The van der Waals surface area contributed by atoms with Gasteiger partial charge < -0.3 is 0 Å². The summed E-state index contributed by atoms with van der Waals surface area (Å²) in [5.41, 5.74) is 2.44. The summed E-state index contributed by atoms with van der Waals surface area (Å²) in [4.78, 5) is 0. The van der Waals surface area contributed by atoms with Gasteiger partial charge >= 0.3 is 0 Å². The standard InChI is InChI=1S/C26H22N4S3/c1-25(2,3)21-22(26(4,5)6)24(20-10-8-18(32-20)16(13-29)14-30)33-23(21)19-9-7-17(31-19)15(11-27)12-28/h7-10H,1-6H3/b23-19-,24-20+. The zero-order valence-electron chi connectivity index (χ0n) is 19.3. The molecule has 0 amide bonds. The summed E-state index contributed by atoms with van der Waals surface area (Å²) < 4.78 is 5.66. The Morgan fingerprint density at radius 2 is 0.909 bits per heavy atom. The molecular weight excluding hydrogens is 465 g/mol. The molecule has 33 heavy (non-hydrogen) atoms. The Hall–Kier alpha value is -3.20. The van der Waals surface area contributed by atoms with Crippen molar-refractivity contribution in [2.45, 2.75) is 52.4 Å². The molecule has 0 spiro atoms. The average molecular weight is 487 g/mol. The molecule has 3 heterocycles. The fraction of sp³-hybridized carbons (Fsp3) is 0.308. The van der Waals surface area contributed by atoms with E-state index in [0.717, 1.165) is 18.1 Å². The van der Waals surface area contributed by atoms with Crippen LogP contribution in [-0.4, -0.2) is 0 Å². The maximum Gasteiger partial charge on any atom is 0.146 e. The largest absolute Gasteiger partial charge is 0.192 e. The van der Waals surface area contributed by atoms with Gasteiger partial charge in [0.2, 0.25) is 0 Å². The zero-order chi connectivity index (χ0) is 24.6. The Kier molecular flexibility index (Phi) is 6.65. The predicted molar refractivity (Wildman–Crippen MR) is 134 cm³/mol. The van der Waals surface area contributed by atoms with E-state index in [1.54, 1.807) is 11.3 Å². The first-order valence-corrected chi connectivity index (χ1v) is 12.6. The van der Waals surface area contributed by atoms with Crippen LogP contribution in [0.25, 0.3) is 11.1 Å². The summed E-state index contributed by atoms with van der Waals surface area (Å²) in [6.45, 7) is 13.2. The Bertz CT molecular complexity index is 1560. The lowest BCUT2D eigenvalue weighted by Gasteiger charge is -2.27. The van der Waals surface area contributed by atoms with Crippen LogP contribution in [0.3, 0.4) is 0 Å². The summed E-state index contributed by atoms with van der Waals surface area (Å²) in [5.74, 6) is 0. The van der Waals surface area contributed by atoms with Crippen LogP contribution < -0.4 is 9.06 Å². The first kappa shape index (κ1) is 24.4. The number of nitriles is 4. The topological polar surface area (TPSA) is 95.2 Å². The number of nitrogens with zero attached hydrogens (tertiary/aromatic N) is 4. The van der Waals surface area contributed by atoms with E-state index in [1.165, 1.54) is 33.8 Å². The smallest absolute Gasteiger partial charge is 0.146 e. The van der Waals surface area contributed by atoms with Crippen LogP contribution in [0.15, 0.2) is 24.3 Å². The van der Waals surface area contributed by atoms with E-state index in [9.17, 15) is 21.0 Å². The fourth-order valence-electron chi connectivity index (χ4n) is 3.67. The predicted octanol–water partition coefficient (Wildman–Crippen LogP) is 5.44. The molecule has 0 aliphatic heterocycles. The van der Waals surface area contributed by atoms with Gasteiger partial charge in [0.25, 0.3) is 0 Å². The Morgan fingerprint density at radius 3 is 1.18 bits per heavy atom. The molecule has 3 aromatic rings. The molecule has 3 rings (SSSR count). The third kappa shape index (κ3) is 4.64. The van der Waals surface area contributed by atoms with E-state index in [2.05, 4.69) is 41.5 Å². The summed E-state index contributed by atoms with van der Waals surface area (Å²) in [6.07, 6.45) is 0. The highest BCUT2D eigenvalue weighted by molar-refractivity contribution is 7.13. The highest BCUT2D eigenvalue weighted by Crippen LogP contribution is 2.40. The van der Waals surface area contributed by atoms with Crippen molar-refractivity contribution in [3.63, 3.8) is 0 Å². The minimum Gasteiger partial charge on any atom is -0.192 e. The number of thiophene rings is 3. The Labute approximate surface area is 204 Å². The Morgan fingerprint density at radius 1 is 0.576 bits per heavy atom. The van der Waals surface area contributed by atoms with Crippen molar-refractivity contribution in [2.24, 2.45) is 0 Å². The zero-order valence-corrected chi connectivity index (χ0v) is 21.8. The molecule has 0 aliphatic carbocycles. The highest BCUT2D eigenvalue weighted by atomic mass is 32.1. The molecule has 0 aliphatic rings. The minimum absolute atomic E-state index is 0.121. The second-order valence-corrected chi connectivity index (χ2v) is 12.7. The molecule has 0 aromatic carbocycles. The van der Waals surface area contributed by atoms with Crippen molar-refractivity contribution >= 4 is 45.2 Å². The molecule has 164 valence electrons. The van der Waals surface area contributed by atoms with Crippen molar-refractivity contribution in [3.8, 4) is 24.3 Å². The van der Waals surface area contributed by atoms with Crippen molar-refractivity contribution in [2.75, 3.05) is 0 Å². The van der Waals surface area contributed by atoms with Gasteiger partial charge in [0, 0.05) is 18.1 Å². The van der Waals surface area contributed by atoms with Gasteiger partial charge in [-0.25, -0.2) is 0 Å². The maximum atomic E-state index is 9.29. The van der Waals surface area contributed by atoms with Gasteiger partial charge in [-0.3, -0.25) is 0 Å². The number of rotatable bonds is 0. The second-order valence-electron chi connectivity index (χ2n) is 9.54. The lowest BCUT2D eigenvalue weighted by molar-refractivity contribution is 0.530. The van der Waals surface area contributed by atoms with Gasteiger partial charge in [-0.1, -0.05) is 41.5 Å². The highest BCUT2D eigenvalue weighted by Gasteiger charge is 2.29. The van der Waals surface area contributed by atoms with Crippen LogP contribution in [0.2, 0.25) is 0 Å². The molecule has 0 atom stereocenters. The molecule has 3 aromatic heterocycles. The molecular formula is C26H22N4S3. The number of hydrogen-bond acceptors (Lipinski definition) is 7. The molecule has 0 N–H and O–H groups in total. The van der Waals surface area contributed by atoms with Crippen LogP contribution in [0, 0.1) is 63.5 Å². The van der Waals surface area contributed by atoms with Crippen molar-refractivity contribution in [1.82, 2.24) is 0 Å². The average Bonchev–Trinajstić information content (AvgIpc) is 3.46. The normalized spacial score (nSPS) is 13.4. The maximum absolute atomic E-state index is 9.29. The van der Waals surface area contributed by atoms with Gasteiger partial charge in [-0.15, -0.1) is 34.0 Å². The summed E-state index contributed by atoms with van der Waals surface area (Å²) in [6, 6.07) is 15.6. The van der Waals surface area contributed by atoms with E-state index in [4.69, 9.17) is 0 Å². The molecule has 7 heteroatoms. The van der Waals surface area contributed by atoms with Crippen LogP contribution in [0.5, 0.6) is 0 Å². The molecule has 0 bridgehead atoms. The monoisotopic (exact) mass is 486 g/mol. The van der Waals surface area contributed by atoms with E-state index in [1.807, 2.05) is 48.5 Å². The second kappa shape index (κ2) is 8.97. The van der Waals surface area contributed by atoms with Crippen molar-refractivity contribution < 1.29 is 0 Å². The van der Waals surface area contributed by atoms with Gasteiger partial charge in [0.05, 0.1) is 9.06 Å². The van der Waals surface area contributed by atoms with Crippen LogP contribution >= 0.6 is 34.0 Å². The van der Waals surface area contributed by atoms with Crippen molar-refractivity contribution in [1.29, 1.82) is 21.0 Å². The molecule has 0 fully saturated rings. The van der Waals surface area contributed by atoms with Crippen LogP contribution in [0.4, 0.5) is 0 Å². The van der Waals surface area contributed by atoms with Crippen molar-refractivity contribution in [3.05, 3.63) is 62.6 Å². The lowest BCUT2D eigenvalue weighted by Crippen LogP contribution is -2.21. The van der Waals surface area contributed by atoms with E-state index < -0.39 is 0 Å². The summed E-state index contributed by atoms with van der Waals surface area (Å²) >= 11 is 4.62. The van der Waals surface area contributed by atoms with Crippen LogP contribution in [0.1, 0.15) is 52.7 Å². The minimum atomic E-state index is -0.148. The van der Waals surface area contributed by atoms with E-state index in [-0.39, 0.29) is 22.0 Å². The molecule has 4 nitrogen and oxygen atoms in total. The fourth-order valence-corrected chi connectivity index (χ4v) is 7.52. The molecule has 0 unspecified atom stereocenters.